The standard InChI is InChI=1S/C15H21FN4/c1-19(2)7-8-20-14(17)18-10-15(20)6-5-11-9-12(16)3-4-13(11)15/h3-4,9H,5-8,10H2,1-2H3,(H2,17,18). The Morgan fingerprint density at radius 3 is 3.00 bits per heavy atom. The molecule has 1 unspecified atom stereocenters. The van der Waals surface area contributed by atoms with Crippen LogP contribution in [0.15, 0.2) is 23.2 Å². The van der Waals surface area contributed by atoms with Crippen molar-refractivity contribution in [2.24, 2.45) is 10.7 Å². The van der Waals surface area contributed by atoms with Gasteiger partial charge in [-0.15, -0.1) is 0 Å². The Kier molecular flexibility index (Phi) is 3.17. The fourth-order valence-corrected chi connectivity index (χ4v) is 3.37. The molecule has 0 aromatic heterocycles. The van der Waals surface area contributed by atoms with Crippen LogP contribution in [0, 0.1) is 5.82 Å². The van der Waals surface area contributed by atoms with Crippen LogP contribution in [0.4, 0.5) is 4.39 Å². The van der Waals surface area contributed by atoms with E-state index >= 15 is 0 Å². The smallest absolute Gasteiger partial charge is 0.192 e. The Balaban J connectivity index is 1.93. The molecular formula is C15H21FN4. The zero-order valence-corrected chi connectivity index (χ0v) is 12.1. The molecule has 1 atom stereocenters. The summed E-state index contributed by atoms with van der Waals surface area (Å²) in [6.07, 6.45) is 1.86. The highest BCUT2D eigenvalue weighted by molar-refractivity contribution is 5.81. The number of hydrogen-bond donors (Lipinski definition) is 1. The summed E-state index contributed by atoms with van der Waals surface area (Å²) in [4.78, 5) is 8.80. The van der Waals surface area contributed by atoms with Crippen LogP contribution < -0.4 is 5.73 Å². The molecule has 1 aliphatic carbocycles. The SMILES string of the molecule is CN(C)CCN1C(N)=NCC12CCc1cc(F)ccc12. The first-order chi connectivity index (χ1) is 9.53. The molecule has 20 heavy (non-hydrogen) atoms. The molecular weight excluding hydrogens is 255 g/mol. The van der Waals surface area contributed by atoms with Gasteiger partial charge in [0.1, 0.15) is 5.82 Å². The third-order valence-corrected chi connectivity index (χ3v) is 4.44. The van der Waals surface area contributed by atoms with Gasteiger partial charge in [-0.3, -0.25) is 4.99 Å². The van der Waals surface area contributed by atoms with Gasteiger partial charge >= 0.3 is 0 Å². The minimum Gasteiger partial charge on any atom is -0.370 e. The zero-order valence-electron chi connectivity index (χ0n) is 12.1. The first kappa shape index (κ1) is 13.4. The normalized spacial score (nSPS) is 24.6. The Bertz CT molecular complexity index is 555. The largest absolute Gasteiger partial charge is 0.370 e. The maximum absolute atomic E-state index is 13.4. The predicted molar refractivity (Wildman–Crippen MR) is 78.1 cm³/mol. The Hall–Kier alpha value is -1.62. The minimum absolute atomic E-state index is 0.150. The molecule has 1 heterocycles. The van der Waals surface area contributed by atoms with Crippen LogP contribution in [0.2, 0.25) is 0 Å². The number of hydrogen-bond acceptors (Lipinski definition) is 4. The number of guanidine groups is 1. The number of halogens is 1. The van der Waals surface area contributed by atoms with Crippen molar-refractivity contribution in [1.29, 1.82) is 0 Å². The van der Waals surface area contributed by atoms with Crippen LogP contribution in [0.1, 0.15) is 17.5 Å². The van der Waals surface area contributed by atoms with Crippen molar-refractivity contribution in [1.82, 2.24) is 9.80 Å². The number of aryl methyl sites for hydroxylation is 1. The topological polar surface area (TPSA) is 44.9 Å². The highest BCUT2D eigenvalue weighted by Crippen LogP contribution is 2.44. The first-order valence-corrected chi connectivity index (χ1v) is 7.04. The van der Waals surface area contributed by atoms with Crippen LogP contribution in [-0.4, -0.2) is 49.5 Å². The number of aliphatic imine (C=N–C) groups is 1. The second kappa shape index (κ2) is 4.74. The summed E-state index contributed by atoms with van der Waals surface area (Å²) < 4.78 is 13.4. The van der Waals surface area contributed by atoms with E-state index < -0.39 is 0 Å². The number of nitrogens with zero attached hydrogens (tertiary/aromatic N) is 3. The van der Waals surface area contributed by atoms with E-state index in [1.54, 1.807) is 12.1 Å². The molecule has 0 bridgehead atoms. The molecule has 0 fully saturated rings. The summed E-state index contributed by atoms with van der Waals surface area (Å²) >= 11 is 0. The lowest BCUT2D eigenvalue weighted by Gasteiger charge is -2.37. The predicted octanol–water partition coefficient (Wildman–Crippen LogP) is 1.16. The van der Waals surface area contributed by atoms with E-state index in [-0.39, 0.29) is 11.4 Å². The number of benzene rings is 1. The molecule has 0 saturated carbocycles. The monoisotopic (exact) mass is 276 g/mol. The summed E-state index contributed by atoms with van der Waals surface area (Å²) in [5.74, 6) is 0.455. The van der Waals surface area contributed by atoms with Crippen molar-refractivity contribution < 1.29 is 4.39 Å². The summed E-state index contributed by atoms with van der Waals surface area (Å²) in [5.41, 5.74) is 8.24. The second-order valence-corrected chi connectivity index (χ2v) is 5.96. The molecule has 1 aliphatic heterocycles. The Morgan fingerprint density at radius 1 is 1.45 bits per heavy atom. The number of rotatable bonds is 3. The Morgan fingerprint density at radius 2 is 2.25 bits per heavy atom. The van der Waals surface area contributed by atoms with Crippen molar-refractivity contribution in [3.8, 4) is 0 Å². The van der Waals surface area contributed by atoms with Crippen LogP contribution in [0.3, 0.4) is 0 Å². The number of likely N-dealkylation sites (N-methyl/N-ethyl adjacent to an activating group) is 1. The third-order valence-electron chi connectivity index (χ3n) is 4.44. The maximum Gasteiger partial charge on any atom is 0.192 e. The average molecular weight is 276 g/mol. The van der Waals surface area contributed by atoms with Crippen molar-refractivity contribution >= 4 is 5.96 Å². The van der Waals surface area contributed by atoms with Gasteiger partial charge in [-0.25, -0.2) is 4.39 Å². The van der Waals surface area contributed by atoms with Gasteiger partial charge in [0, 0.05) is 13.1 Å². The fourth-order valence-electron chi connectivity index (χ4n) is 3.37. The first-order valence-electron chi connectivity index (χ1n) is 7.04. The summed E-state index contributed by atoms with van der Waals surface area (Å²) in [6, 6.07) is 5.11. The van der Waals surface area contributed by atoms with Gasteiger partial charge < -0.3 is 15.5 Å². The van der Waals surface area contributed by atoms with Gasteiger partial charge in [-0.05, 0) is 50.2 Å². The molecule has 2 aliphatic rings. The maximum atomic E-state index is 13.4. The van der Waals surface area contributed by atoms with E-state index in [1.807, 2.05) is 20.2 Å². The quantitative estimate of drug-likeness (QED) is 0.901. The lowest BCUT2D eigenvalue weighted by molar-refractivity contribution is 0.185. The van der Waals surface area contributed by atoms with E-state index in [0.29, 0.717) is 12.5 Å². The second-order valence-electron chi connectivity index (χ2n) is 5.96. The van der Waals surface area contributed by atoms with E-state index in [2.05, 4.69) is 14.8 Å². The van der Waals surface area contributed by atoms with E-state index in [0.717, 1.165) is 31.5 Å². The van der Waals surface area contributed by atoms with Gasteiger partial charge in [0.25, 0.3) is 0 Å². The molecule has 1 aromatic carbocycles. The summed E-state index contributed by atoms with van der Waals surface area (Å²) in [6.45, 7) is 2.46. The average Bonchev–Trinajstić information content (AvgIpc) is 2.90. The zero-order chi connectivity index (χ0) is 14.3. The van der Waals surface area contributed by atoms with Gasteiger partial charge in [-0.2, -0.15) is 0 Å². The van der Waals surface area contributed by atoms with Crippen LogP contribution in [0.5, 0.6) is 0 Å². The fraction of sp³-hybridized carbons (Fsp3) is 0.533. The molecule has 1 aromatic rings. The van der Waals surface area contributed by atoms with Crippen molar-refractivity contribution in [2.45, 2.75) is 18.4 Å². The molecule has 0 radical (unpaired) electrons. The lowest BCUT2D eigenvalue weighted by Crippen LogP contribution is -2.50. The molecule has 0 saturated heterocycles. The lowest BCUT2D eigenvalue weighted by atomic mass is 9.90. The molecule has 0 amide bonds. The minimum atomic E-state index is -0.160. The number of fused-ring (bicyclic) bond motifs is 2. The van der Waals surface area contributed by atoms with Crippen molar-refractivity contribution in [3.63, 3.8) is 0 Å². The molecule has 5 heteroatoms. The van der Waals surface area contributed by atoms with Gasteiger partial charge in [0.05, 0.1) is 12.1 Å². The van der Waals surface area contributed by atoms with E-state index in [1.165, 1.54) is 5.56 Å². The van der Waals surface area contributed by atoms with Crippen LogP contribution >= 0.6 is 0 Å². The van der Waals surface area contributed by atoms with Crippen molar-refractivity contribution in [2.75, 3.05) is 33.7 Å². The van der Waals surface area contributed by atoms with Gasteiger partial charge in [0.2, 0.25) is 0 Å². The molecule has 4 nitrogen and oxygen atoms in total. The molecule has 108 valence electrons. The van der Waals surface area contributed by atoms with E-state index in [9.17, 15) is 4.39 Å². The van der Waals surface area contributed by atoms with Crippen molar-refractivity contribution in [3.05, 3.63) is 35.1 Å². The molecule has 2 N–H and O–H groups in total. The highest BCUT2D eigenvalue weighted by atomic mass is 19.1. The van der Waals surface area contributed by atoms with Gasteiger partial charge in [-0.1, -0.05) is 6.07 Å². The molecule has 1 spiro atoms. The third kappa shape index (κ3) is 1.97. The summed E-state index contributed by atoms with van der Waals surface area (Å²) in [5, 5.41) is 0. The Labute approximate surface area is 119 Å². The molecule has 3 rings (SSSR count). The highest BCUT2D eigenvalue weighted by Gasteiger charge is 2.47. The van der Waals surface area contributed by atoms with Gasteiger partial charge in [0.15, 0.2) is 5.96 Å². The van der Waals surface area contributed by atoms with Crippen LogP contribution in [-0.2, 0) is 12.0 Å². The number of nitrogens with two attached hydrogens (primary N) is 1. The van der Waals surface area contributed by atoms with Crippen LogP contribution in [0.25, 0.3) is 0 Å². The summed E-state index contributed by atoms with van der Waals surface area (Å²) in [7, 11) is 4.10. The van der Waals surface area contributed by atoms with E-state index in [4.69, 9.17) is 5.73 Å².